The summed E-state index contributed by atoms with van der Waals surface area (Å²) in [4.78, 5) is 11.9. The third kappa shape index (κ3) is 2.70. The van der Waals surface area contributed by atoms with E-state index in [0.29, 0.717) is 12.1 Å². The van der Waals surface area contributed by atoms with Gasteiger partial charge in [-0.2, -0.15) is 0 Å². The smallest absolute Gasteiger partial charge is 0.257 e. The fraction of sp³-hybridized carbons (Fsp3) is 0. The molecular formula is C13H8ClF3N2O. The molecule has 0 atom stereocenters. The van der Waals surface area contributed by atoms with E-state index in [2.05, 4.69) is 5.32 Å². The average molecular weight is 301 g/mol. The first kappa shape index (κ1) is 14.2. The second-order valence-corrected chi connectivity index (χ2v) is 4.32. The number of amides is 1. The predicted molar refractivity (Wildman–Crippen MR) is 70.1 cm³/mol. The summed E-state index contributed by atoms with van der Waals surface area (Å²) in [5, 5.41) is 2.01. The van der Waals surface area contributed by atoms with Gasteiger partial charge in [0.2, 0.25) is 0 Å². The van der Waals surface area contributed by atoms with Crippen LogP contribution in [-0.4, -0.2) is 5.91 Å². The van der Waals surface area contributed by atoms with Gasteiger partial charge in [0.15, 0.2) is 17.5 Å². The number of anilines is 2. The molecule has 2 aromatic carbocycles. The Balaban J connectivity index is 2.33. The topological polar surface area (TPSA) is 55.1 Å². The highest BCUT2D eigenvalue weighted by molar-refractivity contribution is 6.31. The van der Waals surface area contributed by atoms with Gasteiger partial charge in [0.05, 0.1) is 16.3 Å². The number of benzene rings is 2. The van der Waals surface area contributed by atoms with Gasteiger partial charge in [-0.05, 0) is 18.2 Å². The highest BCUT2D eigenvalue weighted by Gasteiger charge is 2.16. The van der Waals surface area contributed by atoms with Gasteiger partial charge in [0.1, 0.15) is 0 Å². The summed E-state index contributed by atoms with van der Waals surface area (Å²) in [6.45, 7) is 0. The fourth-order valence-electron chi connectivity index (χ4n) is 1.55. The zero-order valence-electron chi connectivity index (χ0n) is 9.88. The molecule has 1 amide bonds. The summed E-state index contributed by atoms with van der Waals surface area (Å²) in [6, 6.07) is 5.32. The second-order valence-electron chi connectivity index (χ2n) is 3.91. The van der Waals surface area contributed by atoms with E-state index in [1.165, 1.54) is 18.2 Å². The maximum absolute atomic E-state index is 13.6. The molecule has 104 valence electrons. The number of nitrogen functional groups attached to an aromatic ring is 1. The van der Waals surface area contributed by atoms with Crippen LogP contribution in [0.5, 0.6) is 0 Å². The lowest BCUT2D eigenvalue weighted by Crippen LogP contribution is -2.15. The van der Waals surface area contributed by atoms with Crippen LogP contribution in [0, 0.1) is 17.5 Å². The van der Waals surface area contributed by atoms with Gasteiger partial charge in [-0.3, -0.25) is 4.79 Å². The van der Waals surface area contributed by atoms with Crippen LogP contribution in [0.4, 0.5) is 24.5 Å². The van der Waals surface area contributed by atoms with Gasteiger partial charge in [-0.15, -0.1) is 0 Å². The summed E-state index contributed by atoms with van der Waals surface area (Å²) in [6.07, 6.45) is 0. The van der Waals surface area contributed by atoms with Crippen molar-refractivity contribution >= 4 is 28.9 Å². The van der Waals surface area contributed by atoms with Crippen LogP contribution in [0.3, 0.4) is 0 Å². The summed E-state index contributed by atoms with van der Waals surface area (Å²) < 4.78 is 39.6. The first-order chi connectivity index (χ1) is 9.40. The molecular weight excluding hydrogens is 293 g/mol. The van der Waals surface area contributed by atoms with Crippen LogP contribution in [0.2, 0.25) is 5.02 Å². The molecule has 2 rings (SSSR count). The molecule has 0 fully saturated rings. The van der Waals surface area contributed by atoms with Crippen LogP contribution < -0.4 is 11.1 Å². The Morgan fingerprint density at radius 3 is 2.50 bits per heavy atom. The van der Waals surface area contributed by atoms with Crippen LogP contribution >= 0.6 is 11.6 Å². The SMILES string of the molecule is Nc1cc(F)c(F)cc1C(=O)Nc1cccc(Cl)c1F. The van der Waals surface area contributed by atoms with Crippen LogP contribution in [-0.2, 0) is 0 Å². The molecule has 0 saturated heterocycles. The van der Waals surface area contributed by atoms with Gasteiger partial charge >= 0.3 is 0 Å². The monoisotopic (exact) mass is 300 g/mol. The van der Waals surface area contributed by atoms with Crippen LogP contribution in [0.1, 0.15) is 10.4 Å². The van der Waals surface area contributed by atoms with Crippen molar-refractivity contribution in [1.29, 1.82) is 0 Å². The molecule has 3 nitrogen and oxygen atoms in total. The summed E-state index contributed by atoms with van der Waals surface area (Å²) in [5.41, 5.74) is 4.67. The molecule has 0 aliphatic carbocycles. The Morgan fingerprint density at radius 2 is 1.80 bits per heavy atom. The zero-order chi connectivity index (χ0) is 14.9. The van der Waals surface area contributed by atoms with Crippen molar-refractivity contribution in [3.63, 3.8) is 0 Å². The van der Waals surface area contributed by atoms with Crippen molar-refractivity contribution in [3.05, 3.63) is 58.4 Å². The van der Waals surface area contributed by atoms with Crippen molar-refractivity contribution in [3.8, 4) is 0 Å². The largest absolute Gasteiger partial charge is 0.398 e. The normalized spacial score (nSPS) is 10.4. The number of rotatable bonds is 2. The number of nitrogens with two attached hydrogens (primary N) is 1. The standard InChI is InChI=1S/C13H8ClF3N2O/c14-7-2-1-3-11(12(7)17)19-13(20)6-4-8(15)9(16)5-10(6)18/h1-5H,18H2,(H,19,20). The van der Waals surface area contributed by atoms with Crippen molar-refractivity contribution < 1.29 is 18.0 Å². The number of carbonyl (C=O) groups is 1. The number of carbonyl (C=O) groups excluding carboxylic acids is 1. The molecule has 0 spiro atoms. The highest BCUT2D eigenvalue weighted by atomic mass is 35.5. The number of halogens is 4. The lowest BCUT2D eigenvalue weighted by Gasteiger charge is -2.09. The highest BCUT2D eigenvalue weighted by Crippen LogP contribution is 2.24. The Bertz CT molecular complexity index is 692. The third-order valence-electron chi connectivity index (χ3n) is 2.54. The molecule has 0 aromatic heterocycles. The minimum Gasteiger partial charge on any atom is -0.398 e. The van der Waals surface area contributed by atoms with E-state index in [0.717, 1.165) is 0 Å². The van der Waals surface area contributed by atoms with Gasteiger partial charge < -0.3 is 11.1 Å². The predicted octanol–water partition coefficient (Wildman–Crippen LogP) is 3.59. The maximum atomic E-state index is 13.6. The molecule has 3 N–H and O–H groups in total. The van der Waals surface area contributed by atoms with Crippen molar-refractivity contribution in [2.24, 2.45) is 0 Å². The van der Waals surface area contributed by atoms with Gasteiger partial charge in [0, 0.05) is 11.8 Å². The second kappa shape index (κ2) is 5.42. The van der Waals surface area contributed by atoms with E-state index < -0.39 is 23.4 Å². The fourth-order valence-corrected chi connectivity index (χ4v) is 1.72. The quantitative estimate of drug-likeness (QED) is 0.833. The van der Waals surface area contributed by atoms with Gasteiger partial charge in [0.25, 0.3) is 5.91 Å². The Labute approximate surface area is 117 Å². The zero-order valence-corrected chi connectivity index (χ0v) is 10.6. The van der Waals surface area contributed by atoms with Crippen molar-refractivity contribution in [1.82, 2.24) is 0 Å². The van der Waals surface area contributed by atoms with Crippen LogP contribution in [0.15, 0.2) is 30.3 Å². The lowest BCUT2D eigenvalue weighted by molar-refractivity contribution is 0.102. The first-order valence-corrected chi connectivity index (χ1v) is 5.78. The molecule has 0 aliphatic heterocycles. The third-order valence-corrected chi connectivity index (χ3v) is 2.83. The lowest BCUT2D eigenvalue weighted by atomic mass is 10.1. The first-order valence-electron chi connectivity index (χ1n) is 5.40. The maximum Gasteiger partial charge on any atom is 0.257 e. The van der Waals surface area contributed by atoms with E-state index in [9.17, 15) is 18.0 Å². The molecule has 2 aromatic rings. The summed E-state index contributed by atoms with van der Waals surface area (Å²) in [5.74, 6) is -4.10. The Kier molecular flexibility index (Phi) is 3.85. The Hall–Kier alpha value is -2.21. The van der Waals surface area contributed by atoms with E-state index in [4.69, 9.17) is 17.3 Å². The van der Waals surface area contributed by atoms with E-state index in [1.54, 1.807) is 0 Å². The van der Waals surface area contributed by atoms with Crippen molar-refractivity contribution in [2.45, 2.75) is 0 Å². The molecule has 0 unspecified atom stereocenters. The summed E-state index contributed by atoms with van der Waals surface area (Å²) in [7, 11) is 0. The average Bonchev–Trinajstić information content (AvgIpc) is 2.39. The minimum atomic E-state index is -1.23. The van der Waals surface area contributed by atoms with Crippen LogP contribution in [0.25, 0.3) is 0 Å². The molecule has 20 heavy (non-hydrogen) atoms. The van der Waals surface area contributed by atoms with Gasteiger partial charge in [-0.25, -0.2) is 13.2 Å². The number of hydrogen-bond acceptors (Lipinski definition) is 2. The van der Waals surface area contributed by atoms with E-state index >= 15 is 0 Å². The molecule has 0 bridgehead atoms. The number of hydrogen-bond donors (Lipinski definition) is 2. The molecule has 0 heterocycles. The molecule has 0 saturated carbocycles. The van der Waals surface area contributed by atoms with E-state index in [-0.39, 0.29) is 22.0 Å². The Morgan fingerprint density at radius 1 is 1.15 bits per heavy atom. The number of nitrogens with one attached hydrogen (secondary N) is 1. The minimum absolute atomic E-state index is 0.180. The summed E-state index contributed by atoms with van der Waals surface area (Å²) >= 11 is 5.56. The molecule has 7 heteroatoms. The molecule has 0 radical (unpaired) electrons. The van der Waals surface area contributed by atoms with Gasteiger partial charge in [-0.1, -0.05) is 17.7 Å². The van der Waals surface area contributed by atoms with E-state index in [1.807, 2.05) is 0 Å². The van der Waals surface area contributed by atoms with Crippen molar-refractivity contribution in [2.75, 3.05) is 11.1 Å². The molecule has 0 aliphatic rings.